The van der Waals surface area contributed by atoms with Gasteiger partial charge in [-0.25, -0.2) is 13.4 Å². The van der Waals surface area contributed by atoms with Crippen molar-refractivity contribution in [2.24, 2.45) is 0 Å². The van der Waals surface area contributed by atoms with E-state index in [2.05, 4.69) is 4.98 Å². The van der Waals surface area contributed by atoms with E-state index in [9.17, 15) is 8.42 Å². The van der Waals surface area contributed by atoms with Crippen molar-refractivity contribution in [3.8, 4) is 0 Å². The number of nitrogens with zero attached hydrogens (tertiary/aromatic N) is 2. The molecule has 1 aromatic heterocycles. The monoisotopic (exact) mass is 321 g/mol. The first-order valence-corrected chi connectivity index (χ1v) is 9.18. The molecule has 1 atom stereocenters. The van der Waals surface area contributed by atoms with Crippen molar-refractivity contribution in [1.82, 2.24) is 4.98 Å². The first kappa shape index (κ1) is 14.7. The highest BCUT2D eigenvalue weighted by Crippen LogP contribution is 2.30. The zero-order chi connectivity index (χ0) is 14.0. The molecule has 0 aliphatic carbocycles. The molecule has 0 spiro atoms. The highest BCUT2D eigenvalue weighted by atomic mass is 35.5. The molecule has 0 amide bonds. The summed E-state index contributed by atoms with van der Waals surface area (Å²) in [5.41, 5.74) is 6.35. The molecule has 1 aliphatic rings. The standard InChI is InChI=1S/C11H16ClN3O2S2/c1-2-19(16,17)10-7-18-6-5-15(10)11-8(13)3-4-9(12)14-11/h3-4,10H,2,5-7,13H2,1H3. The fourth-order valence-electron chi connectivity index (χ4n) is 1.98. The number of pyridine rings is 1. The van der Waals surface area contributed by atoms with Gasteiger partial charge in [0.1, 0.15) is 10.5 Å². The lowest BCUT2D eigenvalue weighted by Crippen LogP contribution is -2.48. The van der Waals surface area contributed by atoms with Crippen LogP contribution in [0.15, 0.2) is 12.1 Å². The number of anilines is 2. The van der Waals surface area contributed by atoms with Gasteiger partial charge < -0.3 is 10.6 Å². The van der Waals surface area contributed by atoms with Crippen molar-refractivity contribution in [3.05, 3.63) is 17.3 Å². The minimum Gasteiger partial charge on any atom is -0.396 e. The molecular formula is C11H16ClN3O2S2. The topological polar surface area (TPSA) is 76.3 Å². The zero-order valence-corrected chi connectivity index (χ0v) is 12.9. The number of sulfone groups is 1. The second-order valence-corrected chi connectivity index (χ2v) is 8.21. The number of rotatable bonds is 3. The molecule has 1 fully saturated rings. The van der Waals surface area contributed by atoms with Crippen molar-refractivity contribution in [2.75, 3.05) is 34.4 Å². The Bertz CT molecular complexity index is 565. The van der Waals surface area contributed by atoms with Gasteiger partial charge in [0.05, 0.1) is 5.69 Å². The van der Waals surface area contributed by atoms with Crippen LogP contribution in [0.2, 0.25) is 5.15 Å². The van der Waals surface area contributed by atoms with E-state index in [1.165, 1.54) is 0 Å². The summed E-state index contributed by atoms with van der Waals surface area (Å²) in [6.07, 6.45) is 0. The Hall–Kier alpha value is -0.660. The van der Waals surface area contributed by atoms with Gasteiger partial charge in [0.15, 0.2) is 15.7 Å². The Morgan fingerprint density at radius 2 is 2.32 bits per heavy atom. The summed E-state index contributed by atoms with van der Waals surface area (Å²) >= 11 is 7.52. The number of hydrogen-bond donors (Lipinski definition) is 1. The largest absolute Gasteiger partial charge is 0.396 e. The summed E-state index contributed by atoms with van der Waals surface area (Å²) in [7, 11) is -3.18. The molecular weight excluding hydrogens is 306 g/mol. The van der Waals surface area contributed by atoms with E-state index >= 15 is 0 Å². The van der Waals surface area contributed by atoms with E-state index in [0.29, 0.717) is 29.0 Å². The number of aromatic nitrogens is 1. The van der Waals surface area contributed by atoms with Crippen LogP contribution in [0.4, 0.5) is 11.5 Å². The van der Waals surface area contributed by atoms with Crippen LogP contribution in [0, 0.1) is 0 Å². The third-order valence-electron chi connectivity index (χ3n) is 3.04. The van der Waals surface area contributed by atoms with Gasteiger partial charge >= 0.3 is 0 Å². The number of nitrogen functional groups attached to an aromatic ring is 1. The third-order valence-corrected chi connectivity index (χ3v) is 6.54. The van der Waals surface area contributed by atoms with Crippen LogP contribution in [0.25, 0.3) is 0 Å². The van der Waals surface area contributed by atoms with Crippen molar-refractivity contribution in [1.29, 1.82) is 0 Å². The average Bonchev–Trinajstić information content (AvgIpc) is 2.41. The van der Waals surface area contributed by atoms with E-state index in [1.54, 1.807) is 35.7 Å². The van der Waals surface area contributed by atoms with Crippen molar-refractivity contribution in [2.45, 2.75) is 12.3 Å². The summed E-state index contributed by atoms with van der Waals surface area (Å²) in [6.45, 7) is 2.26. The van der Waals surface area contributed by atoms with Crippen LogP contribution in [0.3, 0.4) is 0 Å². The smallest absolute Gasteiger partial charge is 0.171 e. The second-order valence-electron chi connectivity index (χ2n) is 4.22. The van der Waals surface area contributed by atoms with Crippen molar-refractivity contribution >= 4 is 44.7 Å². The minimum atomic E-state index is -3.18. The lowest BCUT2D eigenvalue weighted by atomic mass is 10.3. The summed E-state index contributed by atoms with van der Waals surface area (Å²) in [5, 5.41) is -0.264. The molecule has 2 rings (SSSR count). The second kappa shape index (κ2) is 5.76. The summed E-state index contributed by atoms with van der Waals surface area (Å²) < 4.78 is 24.4. The maximum atomic E-state index is 12.2. The van der Waals surface area contributed by atoms with Crippen molar-refractivity contribution < 1.29 is 8.42 Å². The van der Waals surface area contributed by atoms with Crippen LogP contribution in [0.5, 0.6) is 0 Å². The molecule has 106 valence electrons. The summed E-state index contributed by atoms with van der Waals surface area (Å²) in [4.78, 5) is 5.95. The molecule has 8 heteroatoms. The lowest BCUT2D eigenvalue weighted by Gasteiger charge is -2.36. The van der Waals surface area contributed by atoms with E-state index in [4.69, 9.17) is 17.3 Å². The number of hydrogen-bond acceptors (Lipinski definition) is 6. The molecule has 19 heavy (non-hydrogen) atoms. The van der Waals surface area contributed by atoms with Crippen LogP contribution in [-0.2, 0) is 9.84 Å². The van der Waals surface area contributed by atoms with Gasteiger partial charge in [-0.15, -0.1) is 0 Å². The van der Waals surface area contributed by atoms with Gasteiger partial charge in [0, 0.05) is 23.8 Å². The number of halogens is 1. The van der Waals surface area contributed by atoms with Crippen LogP contribution in [0.1, 0.15) is 6.92 Å². The quantitative estimate of drug-likeness (QED) is 0.853. The molecule has 2 heterocycles. The predicted molar refractivity (Wildman–Crippen MR) is 81.6 cm³/mol. The van der Waals surface area contributed by atoms with Gasteiger partial charge in [-0.1, -0.05) is 18.5 Å². The minimum absolute atomic E-state index is 0.106. The van der Waals surface area contributed by atoms with Crippen LogP contribution < -0.4 is 10.6 Å². The van der Waals surface area contributed by atoms with E-state index < -0.39 is 15.2 Å². The molecule has 1 aromatic rings. The molecule has 0 bridgehead atoms. The Morgan fingerprint density at radius 3 is 3.00 bits per heavy atom. The Labute approximate surface area is 122 Å². The maximum Gasteiger partial charge on any atom is 0.171 e. The lowest BCUT2D eigenvalue weighted by molar-refractivity contribution is 0.579. The highest BCUT2D eigenvalue weighted by molar-refractivity contribution is 8.01. The first-order chi connectivity index (χ1) is 8.95. The Balaban J connectivity index is 2.42. The van der Waals surface area contributed by atoms with Crippen molar-refractivity contribution in [3.63, 3.8) is 0 Å². The summed E-state index contributed by atoms with van der Waals surface area (Å²) in [5.74, 6) is 1.96. The molecule has 0 aromatic carbocycles. The molecule has 1 saturated heterocycles. The normalized spacial score (nSPS) is 20.5. The fraction of sp³-hybridized carbons (Fsp3) is 0.545. The number of nitrogens with two attached hydrogens (primary N) is 1. The van der Waals surface area contributed by atoms with Gasteiger partial charge in [0.25, 0.3) is 0 Å². The molecule has 0 saturated carbocycles. The third kappa shape index (κ3) is 3.09. The molecule has 1 aliphatic heterocycles. The first-order valence-electron chi connectivity index (χ1n) is 5.93. The van der Waals surface area contributed by atoms with Gasteiger partial charge in [0.2, 0.25) is 0 Å². The van der Waals surface area contributed by atoms with Gasteiger partial charge in [-0.05, 0) is 12.1 Å². The van der Waals surface area contributed by atoms with E-state index in [0.717, 1.165) is 5.75 Å². The molecule has 0 radical (unpaired) electrons. The number of thioether (sulfide) groups is 1. The van der Waals surface area contributed by atoms with Gasteiger partial charge in [-0.3, -0.25) is 0 Å². The van der Waals surface area contributed by atoms with E-state index in [1.807, 2.05) is 0 Å². The summed E-state index contributed by atoms with van der Waals surface area (Å²) in [6, 6.07) is 3.25. The Morgan fingerprint density at radius 1 is 1.58 bits per heavy atom. The van der Waals surface area contributed by atoms with E-state index in [-0.39, 0.29) is 5.75 Å². The molecule has 5 nitrogen and oxygen atoms in total. The van der Waals surface area contributed by atoms with Gasteiger partial charge in [-0.2, -0.15) is 11.8 Å². The zero-order valence-electron chi connectivity index (χ0n) is 10.5. The maximum absolute atomic E-state index is 12.2. The fourth-order valence-corrected chi connectivity index (χ4v) is 5.09. The average molecular weight is 322 g/mol. The SMILES string of the molecule is CCS(=O)(=O)C1CSCCN1c1nc(Cl)ccc1N. The Kier molecular flexibility index (Phi) is 4.47. The molecule has 2 N–H and O–H groups in total. The molecule has 1 unspecified atom stereocenters. The highest BCUT2D eigenvalue weighted by Gasteiger charge is 2.34. The van der Waals surface area contributed by atoms with Crippen LogP contribution in [-0.4, -0.2) is 42.6 Å². The predicted octanol–water partition coefficient (Wildman–Crippen LogP) is 1.63. The van der Waals surface area contributed by atoms with Crippen LogP contribution >= 0.6 is 23.4 Å².